The summed E-state index contributed by atoms with van der Waals surface area (Å²) < 4.78 is 46.3. The van der Waals surface area contributed by atoms with E-state index in [4.69, 9.17) is 4.74 Å². The van der Waals surface area contributed by atoms with E-state index in [0.717, 1.165) is 27.6 Å². The maximum absolute atomic E-state index is 13.4. The number of ether oxygens (including phenoxy) is 1. The minimum atomic E-state index is -4.11. The largest absolute Gasteiger partial charge is 0.497 e. The van der Waals surface area contributed by atoms with Crippen LogP contribution in [0.25, 0.3) is 0 Å². The van der Waals surface area contributed by atoms with Crippen molar-refractivity contribution in [2.24, 2.45) is 0 Å². The molecule has 8 heteroatoms. The van der Waals surface area contributed by atoms with Crippen LogP contribution in [0.3, 0.4) is 0 Å². The summed E-state index contributed by atoms with van der Waals surface area (Å²) in [6.07, 6.45) is 0.618. The van der Waals surface area contributed by atoms with Crippen molar-refractivity contribution in [1.29, 1.82) is 0 Å². The Bertz CT molecular complexity index is 1180. The minimum absolute atomic E-state index is 0.0977. The third-order valence-electron chi connectivity index (χ3n) is 5.27. The molecule has 0 heterocycles. The van der Waals surface area contributed by atoms with E-state index >= 15 is 0 Å². The molecule has 0 aliphatic rings. The minimum Gasteiger partial charge on any atom is -0.497 e. The number of methoxy groups -OCH3 is 1. The van der Waals surface area contributed by atoms with Crippen molar-refractivity contribution in [3.05, 3.63) is 89.7 Å². The number of amides is 1. The first kappa shape index (κ1) is 24.3. The van der Waals surface area contributed by atoms with Gasteiger partial charge in [0.1, 0.15) is 18.1 Å². The van der Waals surface area contributed by atoms with Crippen LogP contribution in [-0.2, 0) is 14.8 Å². The van der Waals surface area contributed by atoms with Crippen molar-refractivity contribution in [1.82, 2.24) is 5.32 Å². The van der Waals surface area contributed by atoms with Gasteiger partial charge in [0, 0.05) is 0 Å². The number of anilines is 1. The molecule has 1 atom stereocenters. The number of aryl methyl sites for hydroxylation is 1. The number of nitrogens with one attached hydrogen (secondary N) is 1. The first-order valence-electron chi connectivity index (χ1n) is 10.5. The van der Waals surface area contributed by atoms with Gasteiger partial charge in [0.25, 0.3) is 10.0 Å². The van der Waals surface area contributed by atoms with Crippen molar-refractivity contribution >= 4 is 21.6 Å². The van der Waals surface area contributed by atoms with Crippen LogP contribution in [0.1, 0.15) is 30.5 Å². The molecule has 0 aliphatic heterocycles. The number of hydrogen-bond donors (Lipinski definition) is 1. The molecular weight excluding hydrogens is 443 g/mol. The van der Waals surface area contributed by atoms with Crippen molar-refractivity contribution in [3.8, 4) is 5.75 Å². The Morgan fingerprint density at radius 3 is 2.15 bits per heavy atom. The summed E-state index contributed by atoms with van der Waals surface area (Å²) in [5, 5.41) is 2.92. The Hall–Kier alpha value is -3.39. The molecule has 174 valence electrons. The number of halogens is 1. The van der Waals surface area contributed by atoms with Gasteiger partial charge in [-0.3, -0.25) is 9.10 Å². The van der Waals surface area contributed by atoms with Crippen molar-refractivity contribution < 1.29 is 22.3 Å². The summed E-state index contributed by atoms with van der Waals surface area (Å²) in [5.74, 6) is -0.293. The zero-order valence-corrected chi connectivity index (χ0v) is 19.6. The molecule has 0 bridgehead atoms. The summed E-state index contributed by atoms with van der Waals surface area (Å²) in [6.45, 7) is 3.40. The smallest absolute Gasteiger partial charge is 0.264 e. The van der Waals surface area contributed by atoms with Crippen LogP contribution >= 0.6 is 0 Å². The average molecular weight is 471 g/mol. The quantitative estimate of drug-likeness (QED) is 0.496. The number of hydrogen-bond acceptors (Lipinski definition) is 4. The fraction of sp³-hybridized carbons (Fsp3) is 0.240. The Morgan fingerprint density at radius 1 is 1.00 bits per heavy atom. The number of carbonyl (C=O) groups excluding carboxylic acids is 1. The molecule has 0 aliphatic carbocycles. The molecule has 33 heavy (non-hydrogen) atoms. The number of benzene rings is 3. The second kappa shape index (κ2) is 10.5. The van der Waals surface area contributed by atoms with Gasteiger partial charge in [-0.2, -0.15) is 0 Å². The summed E-state index contributed by atoms with van der Waals surface area (Å²) in [7, 11) is -2.53. The lowest BCUT2D eigenvalue weighted by Crippen LogP contribution is -2.42. The third-order valence-corrected chi connectivity index (χ3v) is 7.06. The standard InChI is InChI=1S/C25H27FN2O4S/c1-4-24(19-7-13-22(32-3)14-8-19)27-25(29)17-28(21-11-5-18(2)6-12-21)33(30,31)23-15-9-20(26)10-16-23/h5-16,24H,4,17H2,1-3H3,(H,27,29)/t24-/m1/s1. The van der Waals surface area contributed by atoms with Gasteiger partial charge in [0.15, 0.2) is 0 Å². The predicted molar refractivity (Wildman–Crippen MR) is 126 cm³/mol. The van der Waals surface area contributed by atoms with Gasteiger partial charge in [-0.25, -0.2) is 12.8 Å². The first-order valence-corrected chi connectivity index (χ1v) is 12.0. The monoisotopic (exact) mass is 470 g/mol. The molecule has 0 saturated carbocycles. The van der Waals surface area contributed by atoms with Crippen molar-refractivity contribution in [2.45, 2.75) is 31.2 Å². The predicted octanol–water partition coefficient (Wildman–Crippen LogP) is 4.61. The zero-order valence-electron chi connectivity index (χ0n) is 18.8. The van der Waals surface area contributed by atoms with E-state index in [9.17, 15) is 17.6 Å². The number of nitrogens with zero attached hydrogens (tertiary/aromatic N) is 1. The molecule has 0 aromatic heterocycles. The molecule has 0 fully saturated rings. The van der Waals surface area contributed by atoms with Gasteiger partial charge in [0.05, 0.1) is 23.7 Å². The fourth-order valence-electron chi connectivity index (χ4n) is 3.39. The van der Waals surface area contributed by atoms with Gasteiger partial charge in [-0.1, -0.05) is 36.8 Å². The van der Waals surface area contributed by atoms with E-state index in [2.05, 4.69) is 5.32 Å². The van der Waals surface area contributed by atoms with Crippen LogP contribution in [-0.4, -0.2) is 28.0 Å². The summed E-state index contributed by atoms with van der Waals surface area (Å²) in [6, 6.07) is 18.4. The topological polar surface area (TPSA) is 75.7 Å². The Kier molecular flexibility index (Phi) is 7.71. The Morgan fingerprint density at radius 2 is 1.61 bits per heavy atom. The van der Waals surface area contributed by atoms with Crippen LogP contribution in [0.5, 0.6) is 5.75 Å². The zero-order chi connectivity index (χ0) is 24.0. The molecule has 1 N–H and O–H groups in total. The molecule has 0 radical (unpaired) electrons. The van der Waals surface area contributed by atoms with Gasteiger partial charge < -0.3 is 10.1 Å². The van der Waals surface area contributed by atoms with E-state index in [-0.39, 0.29) is 10.9 Å². The highest BCUT2D eigenvalue weighted by molar-refractivity contribution is 7.92. The highest BCUT2D eigenvalue weighted by atomic mass is 32.2. The van der Waals surface area contributed by atoms with Crippen molar-refractivity contribution in [3.63, 3.8) is 0 Å². The third kappa shape index (κ3) is 5.90. The SMILES string of the molecule is CC[C@@H](NC(=O)CN(c1ccc(C)cc1)S(=O)(=O)c1ccc(F)cc1)c1ccc(OC)cc1. The molecular formula is C25H27FN2O4S. The maximum Gasteiger partial charge on any atom is 0.264 e. The molecule has 3 aromatic rings. The second-order valence-electron chi connectivity index (χ2n) is 7.60. The number of rotatable bonds is 9. The second-order valence-corrected chi connectivity index (χ2v) is 9.46. The molecule has 0 spiro atoms. The van der Waals surface area contributed by atoms with E-state index in [1.165, 1.54) is 12.1 Å². The molecule has 0 unspecified atom stereocenters. The number of carbonyl (C=O) groups is 1. The highest BCUT2D eigenvalue weighted by Crippen LogP contribution is 2.25. The Labute approximate surface area is 194 Å². The summed E-state index contributed by atoms with van der Waals surface area (Å²) >= 11 is 0. The molecule has 0 saturated heterocycles. The summed E-state index contributed by atoms with van der Waals surface area (Å²) in [4.78, 5) is 12.9. The van der Waals surface area contributed by atoms with E-state index in [1.54, 1.807) is 31.4 Å². The molecule has 3 rings (SSSR count). The first-order chi connectivity index (χ1) is 15.7. The number of sulfonamides is 1. The van der Waals surface area contributed by atoms with Gasteiger partial charge in [0.2, 0.25) is 5.91 Å². The van der Waals surface area contributed by atoms with Crippen LogP contribution in [0.2, 0.25) is 0 Å². The van der Waals surface area contributed by atoms with Crippen LogP contribution in [0, 0.1) is 12.7 Å². The molecule has 3 aromatic carbocycles. The van der Waals surface area contributed by atoms with Crippen LogP contribution in [0.4, 0.5) is 10.1 Å². The Balaban J connectivity index is 1.88. The van der Waals surface area contributed by atoms with E-state index in [0.29, 0.717) is 17.9 Å². The normalized spacial score (nSPS) is 12.1. The lowest BCUT2D eigenvalue weighted by molar-refractivity contribution is -0.120. The molecule has 6 nitrogen and oxygen atoms in total. The van der Waals surface area contributed by atoms with Crippen molar-refractivity contribution in [2.75, 3.05) is 18.0 Å². The van der Waals surface area contributed by atoms with E-state index in [1.807, 2.05) is 38.1 Å². The van der Waals surface area contributed by atoms with Gasteiger partial charge in [-0.05, 0) is 67.4 Å². The van der Waals surface area contributed by atoms with Crippen LogP contribution in [0.15, 0.2) is 77.7 Å². The maximum atomic E-state index is 13.4. The van der Waals surface area contributed by atoms with Gasteiger partial charge >= 0.3 is 0 Å². The fourth-order valence-corrected chi connectivity index (χ4v) is 4.81. The van der Waals surface area contributed by atoms with E-state index < -0.39 is 28.3 Å². The lowest BCUT2D eigenvalue weighted by atomic mass is 10.0. The highest BCUT2D eigenvalue weighted by Gasteiger charge is 2.28. The lowest BCUT2D eigenvalue weighted by Gasteiger charge is -2.26. The van der Waals surface area contributed by atoms with Crippen LogP contribution < -0.4 is 14.4 Å². The average Bonchev–Trinajstić information content (AvgIpc) is 2.82. The molecule has 1 amide bonds. The summed E-state index contributed by atoms with van der Waals surface area (Å²) in [5.41, 5.74) is 2.18. The van der Waals surface area contributed by atoms with Gasteiger partial charge in [-0.15, -0.1) is 0 Å².